The van der Waals surface area contributed by atoms with E-state index in [2.05, 4.69) is 34.3 Å². The van der Waals surface area contributed by atoms with Crippen LogP contribution in [-0.2, 0) is 33.6 Å². The molecule has 1 saturated heterocycles. The molecule has 1 aromatic heterocycles. The van der Waals surface area contributed by atoms with Crippen LogP contribution in [0.25, 0.3) is 22.0 Å². The number of piperidine rings is 1. The van der Waals surface area contributed by atoms with Gasteiger partial charge in [-0.2, -0.15) is 0 Å². The number of aromatic nitrogens is 1. The fourth-order valence-electron chi connectivity index (χ4n) is 8.57. The third-order valence-electron chi connectivity index (χ3n) is 12.3. The Morgan fingerprint density at radius 1 is 0.828 bits per heavy atom. The van der Waals surface area contributed by atoms with E-state index in [1.807, 2.05) is 91.0 Å². The molecule has 0 aliphatic carbocycles. The number of carbonyl (C=O) groups excluding carboxylic acids is 3. The van der Waals surface area contributed by atoms with Gasteiger partial charge >= 0.3 is 6.09 Å². The van der Waals surface area contributed by atoms with Crippen molar-refractivity contribution in [1.29, 1.82) is 0 Å². The predicted octanol–water partition coefficient (Wildman–Crippen LogP) is 9.40. The van der Waals surface area contributed by atoms with Gasteiger partial charge in [0, 0.05) is 68.6 Å². The number of aryl methyl sites for hydroxylation is 1. The van der Waals surface area contributed by atoms with Crippen molar-refractivity contribution >= 4 is 40.1 Å². The standard InChI is InChI=1S/C53H58N4O7/c1-36(15-24-48(59)45-22-25-49(60)52-46(45)23-26-50(61)55-52)33-38-9-8-10-39(34-38)35-42(58)21-18-37-16-19-41(20-17-37)56(2)51(62)29-32-57-30-27-43(28-31-57)64-53(63)54-47-14-7-6-13-44(47)40-11-4-3-5-12-40/h3-14,16-17,19-20,22-23,25-26,34,36,43,48,59-60H,15,18,21,24,27-33,35H2,1-2H3,(H,54,63)(H,55,61)/t36?,48-/m0/s1. The molecule has 1 fully saturated rings. The lowest BCUT2D eigenvalue weighted by Gasteiger charge is -2.31. The molecule has 4 N–H and O–H groups in total. The summed E-state index contributed by atoms with van der Waals surface area (Å²) in [6.45, 7) is 4.27. The summed E-state index contributed by atoms with van der Waals surface area (Å²) in [6, 6.07) is 39.8. The van der Waals surface area contributed by atoms with Gasteiger partial charge in [0.1, 0.15) is 17.6 Å². The van der Waals surface area contributed by atoms with Crippen molar-refractivity contribution in [2.24, 2.45) is 5.92 Å². The Morgan fingerprint density at radius 2 is 1.56 bits per heavy atom. The van der Waals surface area contributed by atoms with Gasteiger partial charge in [-0.25, -0.2) is 4.79 Å². The first-order valence-electron chi connectivity index (χ1n) is 22.3. The van der Waals surface area contributed by atoms with Gasteiger partial charge in [-0.1, -0.05) is 97.9 Å². The lowest BCUT2D eigenvalue weighted by molar-refractivity contribution is -0.119. The molecule has 2 amide bonds. The number of anilines is 2. The van der Waals surface area contributed by atoms with E-state index in [1.54, 1.807) is 24.1 Å². The number of carbonyl (C=O) groups is 3. The smallest absolute Gasteiger partial charge is 0.411 e. The molecule has 2 atom stereocenters. The maximum Gasteiger partial charge on any atom is 0.411 e. The number of ether oxygens (including phenoxy) is 1. The summed E-state index contributed by atoms with van der Waals surface area (Å²) >= 11 is 0. The van der Waals surface area contributed by atoms with Gasteiger partial charge in [0.2, 0.25) is 11.5 Å². The van der Waals surface area contributed by atoms with E-state index in [0.29, 0.717) is 73.6 Å². The molecule has 0 spiro atoms. The predicted molar refractivity (Wildman–Crippen MR) is 253 cm³/mol. The van der Waals surface area contributed by atoms with Crippen molar-refractivity contribution < 1.29 is 29.3 Å². The number of pyridine rings is 1. The van der Waals surface area contributed by atoms with Crippen molar-refractivity contribution in [3.8, 4) is 16.9 Å². The minimum atomic E-state index is -0.743. The lowest BCUT2D eigenvalue weighted by Crippen LogP contribution is -2.40. The fraction of sp³-hybridized carbons (Fsp3) is 0.321. The minimum Gasteiger partial charge on any atom is -0.506 e. The first-order chi connectivity index (χ1) is 31.0. The number of phenolic OH excluding ortho intramolecular Hbond substituents is 1. The number of Topliss-reactive ketones (excluding diaryl/α,β-unsaturated/α-hetero) is 1. The Balaban J connectivity index is 0.790. The number of amides is 2. The van der Waals surface area contributed by atoms with Gasteiger partial charge in [-0.05, 0) is 103 Å². The number of rotatable bonds is 18. The number of H-pyrrole nitrogens is 1. The van der Waals surface area contributed by atoms with Crippen molar-refractivity contribution in [3.63, 3.8) is 0 Å². The minimum absolute atomic E-state index is 0.0226. The van der Waals surface area contributed by atoms with Gasteiger partial charge in [0.15, 0.2) is 0 Å². The Kier molecular flexibility index (Phi) is 15.4. The number of nitrogens with one attached hydrogen (secondary N) is 2. The molecule has 6 aromatic rings. The lowest BCUT2D eigenvalue weighted by atomic mass is 9.91. The number of phenols is 1. The van der Waals surface area contributed by atoms with Crippen LogP contribution in [0.4, 0.5) is 16.2 Å². The van der Waals surface area contributed by atoms with Crippen molar-refractivity contribution in [2.45, 2.75) is 76.9 Å². The SMILES string of the molecule is CC(CC[C@H](O)c1ccc(O)c2[nH]c(=O)ccc12)Cc1cccc(CC(=O)CCc2ccc(N(C)C(=O)CCN3CCC(OC(=O)Nc4ccccc4-c4ccccc4)CC3)cc2)c1. The quantitative estimate of drug-likeness (QED) is 0.0667. The second-order valence-corrected chi connectivity index (χ2v) is 17.1. The average Bonchev–Trinajstić information content (AvgIpc) is 3.30. The van der Waals surface area contributed by atoms with E-state index in [9.17, 15) is 29.4 Å². The summed E-state index contributed by atoms with van der Waals surface area (Å²) < 4.78 is 5.79. The number of aliphatic hydroxyl groups excluding tert-OH is 1. The second-order valence-electron chi connectivity index (χ2n) is 17.1. The molecule has 332 valence electrons. The molecular formula is C53H58N4O7. The Hall–Kier alpha value is -6.56. The van der Waals surface area contributed by atoms with Crippen LogP contribution >= 0.6 is 0 Å². The molecule has 5 aromatic carbocycles. The van der Waals surface area contributed by atoms with E-state index in [-0.39, 0.29) is 35.0 Å². The van der Waals surface area contributed by atoms with Crippen LogP contribution in [-0.4, -0.2) is 70.7 Å². The summed E-state index contributed by atoms with van der Waals surface area (Å²) in [5.41, 5.74) is 7.31. The first-order valence-corrected chi connectivity index (χ1v) is 22.3. The van der Waals surface area contributed by atoms with E-state index >= 15 is 0 Å². The molecule has 64 heavy (non-hydrogen) atoms. The molecule has 11 nitrogen and oxygen atoms in total. The van der Waals surface area contributed by atoms with Crippen LogP contribution in [0.5, 0.6) is 5.75 Å². The number of para-hydroxylation sites is 1. The summed E-state index contributed by atoms with van der Waals surface area (Å²) in [7, 11) is 1.79. The number of fused-ring (bicyclic) bond motifs is 1. The Labute approximate surface area is 374 Å². The summed E-state index contributed by atoms with van der Waals surface area (Å²) in [5, 5.41) is 24.8. The van der Waals surface area contributed by atoms with Crippen LogP contribution in [0.1, 0.15) is 73.8 Å². The highest BCUT2D eigenvalue weighted by Crippen LogP contribution is 2.32. The van der Waals surface area contributed by atoms with Gasteiger partial charge in [-0.15, -0.1) is 0 Å². The number of hydrogen-bond acceptors (Lipinski definition) is 8. The molecule has 0 saturated carbocycles. The van der Waals surface area contributed by atoms with Gasteiger partial charge < -0.3 is 29.7 Å². The molecule has 1 unspecified atom stereocenters. The van der Waals surface area contributed by atoms with Crippen LogP contribution in [0.15, 0.2) is 132 Å². The second kappa shape index (κ2) is 21.7. The summed E-state index contributed by atoms with van der Waals surface area (Å²) in [6.07, 6.45) is 3.89. The number of aromatic amines is 1. The van der Waals surface area contributed by atoms with Crippen LogP contribution in [0, 0.1) is 5.92 Å². The number of ketones is 1. The Bertz CT molecular complexity index is 2580. The van der Waals surface area contributed by atoms with Crippen molar-refractivity contribution in [2.75, 3.05) is 36.9 Å². The highest BCUT2D eigenvalue weighted by molar-refractivity contribution is 5.93. The van der Waals surface area contributed by atoms with Crippen LogP contribution < -0.4 is 15.8 Å². The van der Waals surface area contributed by atoms with Gasteiger partial charge in [0.25, 0.3) is 0 Å². The number of aliphatic hydroxyl groups is 1. The van der Waals surface area contributed by atoms with Crippen molar-refractivity contribution in [3.05, 3.63) is 160 Å². The molecule has 7 rings (SSSR count). The number of nitrogens with zero attached hydrogens (tertiary/aromatic N) is 2. The molecule has 0 bridgehead atoms. The van der Waals surface area contributed by atoms with Crippen LogP contribution in [0.3, 0.4) is 0 Å². The van der Waals surface area contributed by atoms with E-state index < -0.39 is 12.2 Å². The number of likely N-dealkylation sites (tertiary alicyclic amines) is 1. The number of benzene rings is 5. The third-order valence-corrected chi connectivity index (χ3v) is 12.3. The first kappa shape index (κ1) is 45.5. The highest BCUT2D eigenvalue weighted by Gasteiger charge is 2.24. The average molecular weight is 863 g/mol. The monoisotopic (exact) mass is 862 g/mol. The van der Waals surface area contributed by atoms with Gasteiger partial charge in [0.05, 0.1) is 17.3 Å². The van der Waals surface area contributed by atoms with E-state index in [1.165, 1.54) is 12.1 Å². The Morgan fingerprint density at radius 3 is 2.34 bits per heavy atom. The zero-order valence-electron chi connectivity index (χ0n) is 36.7. The topological polar surface area (TPSA) is 152 Å². The number of hydrogen-bond donors (Lipinski definition) is 4. The largest absolute Gasteiger partial charge is 0.506 e. The summed E-state index contributed by atoms with van der Waals surface area (Å²) in [5.74, 6) is 0.437. The maximum atomic E-state index is 13.2. The number of aromatic hydroxyl groups is 1. The van der Waals surface area contributed by atoms with E-state index in [0.717, 1.165) is 59.4 Å². The zero-order valence-corrected chi connectivity index (χ0v) is 36.7. The molecule has 1 aliphatic heterocycles. The molecule has 11 heteroatoms. The highest BCUT2D eigenvalue weighted by atomic mass is 16.6. The van der Waals surface area contributed by atoms with Gasteiger partial charge in [-0.3, -0.25) is 19.7 Å². The molecule has 1 aliphatic rings. The molecule has 0 radical (unpaired) electrons. The zero-order chi connectivity index (χ0) is 45.0. The fourth-order valence-corrected chi connectivity index (χ4v) is 8.57. The maximum absolute atomic E-state index is 13.2. The normalized spacial score (nSPS) is 14.2. The van der Waals surface area contributed by atoms with Crippen LogP contribution in [0.2, 0.25) is 0 Å². The third kappa shape index (κ3) is 12.3. The molecule has 2 heterocycles. The van der Waals surface area contributed by atoms with Crippen molar-refractivity contribution in [1.82, 2.24) is 9.88 Å². The van der Waals surface area contributed by atoms with E-state index in [4.69, 9.17) is 4.74 Å². The summed E-state index contributed by atoms with van der Waals surface area (Å²) in [4.78, 5) is 57.4. The molecular weight excluding hydrogens is 805 g/mol.